The van der Waals surface area contributed by atoms with Crippen molar-refractivity contribution in [1.29, 1.82) is 0 Å². The summed E-state index contributed by atoms with van der Waals surface area (Å²) in [7, 11) is 2.02. The molecule has 1 rings (SSSR count). The Morgan fingerprint density at radius 3 is 2.62 bits per heavy atom. The number of hydrogen-bond acceptors (Lipinski definition) is 2. The lowest BCUT2D eigenvalue weighted by Crippen LogP contribution is -2.28. The highest BCUT2D eigenvalue weighted by molar-refractivity contribution is 5.76. The summed E-state index contributed by atoms with van der Waals surface area (Å²) in [4.78, 5) is 13.6. The molecule has 1 aromatic carbocycles. The van der Waals surface area contributed by atoms with Crippen molar-refractivity contribution in [2.75, 3.05) is 20.1 Å². The molecule has 3 heteroatoms. The van der Waals surface area contributed by atoms with Gasteiger partial charge < -0.3 is 10.2 Å². The maximum Gasteiger partial charge on any atom is 0.221 e. The third-order valence-electron chi connectivity index (χ3n) is 2.59. The van der Waals surface area contributed by atoms with Crippen molar-refractivity contribution in [3.8, 4) is 0 Å². The molecule has 0 aromatic heterocycles. The maximum absolute atomic E-state index is 11.5. The van der Waals surface area contributed by atoms with Gasteiger partial charge in [-0.05, 0) is 19.2 Å². The van der Waals surface area contributed by atoms with Crippen molar-refractivity contribution >= 4 is 5.91 Å². The van der Waals surface area contributed by atoms with Crippen molar-refractivity contribution in [3.63, 3.8) is 0 Å². The van der Waals surface area contributed by atoms with Crippen LogP contribution in [0.4, 0.5) is 0 Å². The van der Waals surface area contributed by atoms with E-state index in [0.29, 0.717) is 13.0 Å². The molecule has 1 amide bonds. The number of nitrogens with one attached hydrogen (secondary N) is 1. The van der Waals surface area contributed by atoms with Gasteiger partial charge in [0.2, 0.25) is 5.91 Å². The van der Waals surface area contributed by atoms with Gasteiger partial charge in [-0.15, -0.1) is 0 Å². The van der Waals surface area contributed by atoms with Crippen molar-refractivity contribution in [2.45, 2.75) is 19.9 Å². The predicted molar refractivity (Wildman–Crippen MR) is 66.1 cm³/mol. The zero-order valence-electron chi connectivity index (χ0n) is 10.1. The Hall–Kier alpha value is -1.35. The van der Waals surface area contributed by atoms with E-state index < -0.39 is 0 Å². The van der Waals surface area contributed by atoms with Crippen LogP contribution in [-0.4, -0.2) is 30.9 Å². The first-order chi connectivity index (χ1) is 7.72. The van der Waals surface area contributed by atoms with Crippen molar-refractivity contribution in [1.82, 2.24) is 10.2 Å². The van der Waals surface area contributed by atoms with Crippen LogP contribution in [0.3, 0.4) is 0 Å². The summed E-state index contributed by atoms with van der Waals surface area (Å²) in [5.74, 6) is 0.115. The van der Waals surface area contributed by atoms with E-state index in [1.54, 1.807) is 0 Å². The van der Waals surface area contributed by atoms with Gasteiger partial charge in [-0.25, -0.2) is 0 Å². The molecule has 3 nitrogen and oxygen atoms in total. The molecule has 1 aromatic rings. The van der Waals surface area contributed by atoms with Gasteiger partial charge in [0.15, 0.2) is 0 Å². The van der Waals surface area contributed by atoms with Gasteiger partial charge in [-0.2, -0.15) is 0 Å². The number of carbonyl (C=O) groups is 1. The fourth-order valence-electron chi connectivity index (χ4n) is 1.34. The van der Waals surface area contributed by atoms with Crippen LogP contribution < -0.4 is 5.32 Å². The van der Waals surface area contributed by atoms with Crippen LogP contribution in [0.15, 0.2) is 30.3 Å². The minimum absolute atomic E-state index is 0.115. The molecular weight excluding hydrogens is 200 g/mol. The summed E-state index contributed by atoms with van der Waals surface area (Å²) >= 11 is 0. The van der Waals surface area contributed by atoms with Crippen LogP contribution in [-0.2, 0) is 11.3 Å². The number of nitrogens with zero attached hydrogens (tertiary/aromatic N) is 1. The third-order valence-corrected chi connectivity index (χ3v) is 2.59. The molecule has 0 spiro atoms. The second-order valence-corrected chi connectivity index (χ2v) is 3.91. The molecule has 0 atom stereocenters. The standard InChI is InChI=1S/C13H20N2O/c1-3-15(2)10-9-13(16)14-11-12-7-5-4-6-8-12/h4-8H,3,9-11H2,1-2H3,(H,14,16). The van der Waals surface area contributed by atoms with Gasteiger partial charge in [0.05, 0.1) is 0 Å². The van der Waals surface area contributed by atoms with E-state index in [2.05, 4.69) is 17.1 Å². The Labute approximate surface area is 97.5 Å². The van der Waals surface area contributed by atoms with Crippen LogP contribution in [0.1, 0.15) is 18.9 Å². The minimum atomic E-state index is 0.115. The molecule has 0 heterocycles. The van der Waals surface area contributed by atoms with Crippen LogP contribution in [0, 0.1) is 0 Å². The highest BCUT2D eigenvalue weighted by Gasteiger charge is 2.02. The van der Waals surface area contributed by atoms with Gasteiger partial charge in [-0.3, -0.25) is 4.79 Å². The first kappa shape index (κ1) is 12.7. The Balaban J connectivity index is 2.20. The van der Waals surface area contributed by atoms with Crippen molar-refractivity contribution in [2.24, 2.45) is 0 Å². The normalized spacial score (nSPS) is 10.4. The molecule has 88 valence electrons. The Kier molecular flexibility index (Phi) is 5.57. The van der Waals surface area contributed by atoms with E-state index in [1.165, 1.54) is 0 Å². The average molecular weight is 220 g/mol. The second kappa shape index (κ2) is 7.01. The van der Waals surface area contributed by atoms with E-state index in [9.17, 15) is 4.79 Å². The lowest BCUT2D eigenvalue weighted by molar-refractivity contribution is -0.121. The molecule has 0 aliphatic heterocycles. The first-order valence-corrected chi connectivity index (χ1v) is 5.71. The summed E-state index contributed by atoms with van der Waals surface area (Å²) in [6.07, 6.45) is 0.567. The Morgan fingerprint density at radius 2 is 2.00 bits per heavy atom. The van der Waals surface area contributed by atoms with E-state index in [-0.39, 0.29) is 5.91 Å². The van der Waals surface area contributed by atoms with Crippen molar-refractivity contribution in [3.05, 3.63) is 35.9 Å². The van der Waals surface area contributed by atoms with Crippen molar-refractivity contribution < 1.29 is 4.79 Å². The molecule has 0 aliphatic rings. The lowest BCUT2D eigenvalue weighted by Gasteiger charge is -2.13. The molecule has 0 saturated carbocycles. The number of amides is 1. The van der Waals surface area contributed by atoms with Crippen LogP contribution in [0.25, 0.3) is 0 Å². The molecule has 0 bridgehead atoms. The summed E-state index contributed by atoms with van der Waals surface area (Å²) in [5.41, 5.74) is 1.14. The maximum atomic E-state index is 11.5. The number of benzene rings is 1. The quantitative estimate of drug-likeness (QED) is 0.790. The topological polar surface area (TPSA) is 32.3 Å². The zero-order chi connectivity index (χ0) is 11.8. The summed E-state index contributed by atoms with van der Waals surface area (Å²) in [5, 5.41) is 2.91. The summed E-state index contributed by atoms with van der Waals surface area (Å²) in [6.45, 7) is 4.50. The Morgan fingerprint density at radius 1 is 1.31 bits per heavy atom. The van der Waals surface area contributed by atoms with Gasteiger partial charge in [0, 0.05) is 19.5 Å². The number of hydrogen-bond donors (Lipinski definition) is 1. The fourth-order valence-corrected chi connectivity index (χ4v) is 1.34. The second-order valence-electron chi connectivity index (χ2n) is 3.91. The third kappa shape index (κ3) is 4.94. The van der Waals surface area contributed by atoms with Crippen LogP contribution in [0.5, 0.6) is 0 Å². The fraction of sp³-hybridized carbons (Fsp3) is 0.462. The molecular formula is C13H20N2O. The number of rotatable bonds is 6. The van der Waals surface area contributed by atoms with E-state index in [4.69, 9.17) is 0 Å². The van der Waals surface area contributed by atoms with Gasteiger partial charge in [-0.1, -0.05) is 37.3 Å². The largest absolute Gasteiger partial charge is 0.352 e. The SMILES string of the molecule is CCN(C)CCC(=O)NCc1ccccc1. The highest BCUT2D eigenvalue weighted by Crippen LogP contribution is 1.97. The summed E-state index contributed by atoms with van der Waals surface area (Å²) in [6, 6.07) is 9.96. The van der Waals surface area contributed by atoms with Crippen LogP contribution >= 0.6 is 0 Å². The molecule has 0 aliphatic carbocycles. The van der Waals surface area contributed by atoms with E-state index in [0.717, 1.165) is 18.7 Å². The van der Waals surface area contributed by atoms with E-state index >= 15 is 0 Å². The molecule has 0 fully saturated rings. The van der Waals surface area contributed by atoms with E-state index in [1.807, 2.05) is 37.4 Å². The molecule has 0 saturated heterocycles. The molecule has 16 heavy (non-hydrogen) atoms. The Bertz CT molecular complexity index is 311. The first-order valence-electron chi connectivity index (χ1n) is 5.71. The zero-order valence-corrected chi connectivity index (χ0v) is 10.1. The van der Waals surface area contributed by atoms with Gasteiger partial charge in [0.1, 0.15) is 0 Å². The predicted octanol–water partition coefficient (Wildman–Crippen LogP) is 1.64. The highest BCUT2D eigenvalue weighted by atomic mass is 16.1. The molecule has 0 unspecified atom stereocenters. The smallest absolute Gasteiger partial charge is 0.221 e. The minimum Gasteiger partial charge on any atom is -0.352 e. The number of carbonyl (C=O) groups excluding carboxylic acids is 1. The average Bonchev–Trinajstić information content (AvgIpc) is 2.34. The van der Waals surface area contributed by atoms with Gasteiger partial charge >= 0.3 is 0 Å². The molecule has 0 radical (unpaired) electrons. The van der Waals surface area contributed by atoms with Gasteiger partial charge in [0.25, 0.3) is 0 Å². The molecule has 1 N–H and O–H groups in total. The van der Waals surface area contributed by atoms with Crippen LogP contribution in [0.2, 0.25) is 0 Å². The monoisotopic (exact) mass is 220 g/mol. The lowest BCUT2D eigenvalue weighted by atomic mass is 10.2. The summed E-state index contributed by atoms with van der Waals surface area (Å²) < 4.78 is 0.